The first-order valence-corrected chi connectivity index (χ1v) is 7.39. The molecule has 0 aliphatic heterocycles. The van der Waals surface area contributed by atoms with E-state index in [0.717, 1.165) is 0 Å². The van der Waals surface area contributed by atoms with Gasteiger partial charge in [0.05, 0.1) is 24.3 Å². The van der Waals surface area contributed by atoms with Crippen molar-refractivity contribution in [2.45, 2.75) is 6.54 Å². The third-order valence-corrected chi connectivity index (χ3v) is 4.47. The molecule has 0 unspecified atom stereocenters. The van der Waals surface area contributed by atoms with Gasteiger partial charge in [0.2, 0.25) is 0 Å². The molecule has 2 aromatic rings. The third-order valence-electron chi connectivity index (χ3n) is 2.57. The summed E-state index contributed by atoms with van der Waals surface area (Å²) in [4.78, 5) is 11.9. The third kappa shape index (κ3) is 3.40. The van der Waals surface area contributed by atoms with Crippen LogP contribution >= 0.6 is 31.9 Å². The van der Waals surface area contributed by atoms with E-state index in [9.17, 15) is 4.79 Å². The zero-order chi connectivity index (χ0) is 14.5. The van der Waals surface area contributed by atoms with E-state index in [1.165, 1.54) is 4.68 Å². The Bertz CT molecular complexity index is 658. The van der Waals surface area contributed by atoms with Crippen LogP contribution in [0.5, 0.6) is 11.5 Å². The Labute approximate surface area is 132 Å². The molecule has 0 aliphatic carbocycles. The van der Waals surface area contributed by atoms with Crippen LogP contribution < -0.4 is 15.0 Å². The van der Waals surface area contributed by atoms with Crippen LogP contribution in [0.1, 0.15) is 0 Å². The van der Waals surface area contributed by atoms with Gasteiger partial charge in [-0.2, -0.15) is 5.10 Å². The molecule has 0 amide bonds. The largest absolute Gasteiger partial charge is 0.493 e. The number of benzene rings is 1. The van der Waals surface area contributed by atoms with E-state index in [1.807, 2.05) is 24.3 Å². The van der Waals surface area contributed by atoms with E-state index in [1.54, 1.807) is 13.3 Å². The van der Waals surface area contributed by atoms with Gasteiger partial charge >= 0.3 is 0 Å². The summed E-state index contributed by atoms with van der Waals surface area (Å²) in [6.07, 6.45) is 1.56. The lowest BCUT2D eigenvalue weighted by molar-refractivity contribution is 0.271. The number of para-hydroxylation sites is 2. The second kappa shape index (κ2) is 6.90. The molecule has 0 saturated carbocycles. The summed E-state index contributed by atoms with van der Waals surface area (Å²) < 4.78 is 13.2. The molecule has 106 valence electrons. The molecule has 0 saturated heterocycles. The van der Waals surface area contributed by atoms with E-state index in [-0.39, 0.29) is 5.56 Å². The maximum absolute atomic E-state index is 11.9. The molecule has 0 N–H and O–H groups in total. The van der Waals surface area contributed by atoms with E-state index < -0.39 is 0 Å². The van der Waals surface area contributed by atoms with Crippen molar-refractivity contribution < 1.29 is 9.47 Å². The highest BCUT2D eigenvalue weighted by Gasteiger charge is 2.07. The number of methoxy groups -OCH3 is 1. The van der Waals surface area contributed by atoms with Crippen molar-refractivity contribution in [3.63, 3.8) is 0 Å². The first kappa shape index (κ1) is 15.1. The quantitative estimate of drug-likeness (QED) is 0.770. The molecule has 0 spiro atoms. The fraction of sp³-hybridized carbons (Fsp3) is 0.231. The number of hydrogen-bond donors (Lipinski definition) is 0. The molecule has 0 bridgehead atoms. The molecule has 2 rings (SSSR count). The average Bonchev–Trinajstić information content (AvgIpc) is 2.47. The van der Waals surface area contributed by atoms with Crippen LogP contribution in [0.25, 0.3) is 0 Å². The van der Waals surface area contributed by atoms with Crippen molar-refractivity contribution in [1.29, 1.82) is 0 Å². The van der Waals surface area contributed by atoms with Gasteiger partial charge in [-0.1, -0.05) is 12.1 Å². The monoisotopic (exact) mass is 402 g/mol. The van der Waals surface area contributed by atoms with Crippen LogP contribution in [0.3, 0.4) is 0 Å². The standard InChI is InChI=1S/C13H12Br2N2O3/c1-19-10-4-2-3-5-11(10)20-7-6-17-13(18)12(15)9(14)8-16-17/h2-5,8H,6-7H2,1H3. The second-order valence-corrected chi connectivity index (χ2v) is 5.48. The summed E-state index contributed by atoms with van der Waals surface area (Å²) >= 11 is 6.44. The normalized spacial score (nSPS) is 10.3. The molecule has 0 atom stereocenters. The minimum atomic E-state index is -0.206. The highest BCUT2D eigenvalue weighted by atomic mass is 79.9. The van der Waals surface area contributed by atoms with Crippen LogP contribution in [0, 0.1) is 0 Å². The van der Waals surface area contributed by atoms with E-state index in [4.69, 9.17) is 9.47 Å². The first-order valence-electron chi connectivity index (χ1n) is 5.80. The maximum atomic E-state index is 11.9. The predicted molar refractivity (Wildman–Crippen MR) is 82.4 cm³/mol. The van der Waals surface area contributed by atoms with Crippen molar-refractivity contribution in [3.05, 3.63) is 49.8 Å². The minimum absolute atomic E-state index is 0.206. The van der Waals surface area contributed by atoms with Gasteiger partial charge < -0.3 is 9.47 Å². The van der Waals surface area contributed by atoms with Gasteiger partial charge in [-0.05, 0) is 44.0 Å². The Hall–Kier alpha value is -1.34. The Kier molecular flexibility index (Phi) is 5.19. The van der Waals surface area contributed by atoms with E-state index in [0.29, 0.717) is 33.6 Å². The number of halogens is 2. The van der Waals surface area contributed by atoms with Gasteiger partial charge in [0, 0.05) is 0 Å². The smallest absolute Gasteiger partial charge is 0.282 e. The summed E-state index contributed by atoms with van der Waals surface area (Å²) in [5.41, 5.74) is -0.206. The Balaban J connectivity index is 2.03. The van der Waals surface area contributed by atoms with Gasteiger partial charge in [0.1, 0.15) is 11.1 Å². The minimum Gasteiger partial charge on any atom is -0.493 e. The molecule has 20 heavy (non-hydrogen) atoms. The Morgan fingerprint density at radius 1 is 1.25 bits per heavy atom. The van der Waals surface area contributed by atoms with Crippen LogP contribution in [0.2, 0.25) is 0 Å². The van der Waals surface area contributed by atoms with Crippen LogP contribution in [-0.4, -0.2) is 23.5 Å². The molecule has 5 nitrogen and oxygen atoms in total. The number of nitrogens with zero attached hydrogens (tertiary/aromatic N) is 2. The van der Waals surface area contributed by atoms with Gasteiger partial charge in [-0.25, -0.2) is 4.68 Å². The lowest BCUT2D eigenvalue weighted by atomic mass is 10.3. The summed E-state index contributed by atoms with van der Waals surface area (Å²) in [5.74, 6) is 1.30. The highest BCUT2D eigenvalue weighted by Crippen LogP contribution is 2.25. The highest BCUT2D eigenvalue weighted by molar-refractivity contribution is 9.13. The zero-order valence-corrected chi connectivity index (χ0v) is 13.8. The van der Waals surface area contributed by atoms with Crippen molar-refractivity contribution >= 4 is 31.9 Å². The molecule has 0 fully saturated rings. The second-order valence-electron chi connectivity index (χ2n) is 3.83. The van der Waals surface area contributed by atoms with Gasteiger partial charge in [-0.15, -0.1) is 0 Å². The van der Waals surface area contributed by atoms with E-state index in [2.05, 4.69) is 37.0 Å². The molecule has 0 aliphatic rings. The van der Waals surface area contributed by atoms with Crippen molar-refractivity contribution in [1.82, 2.24) is 9.78 Å². The fourth-order valence-electron chi connectivity index (χ4n) is 1.58. The van der Waals surface area contributed by atoms with Gasteiger partial charge in [0.25, 0.3) is 5.56 Å². The van der Waals surface area contributed by atoms with Gasteiger partial charge in [0.15, 0.2) is 11.5 Å². The lowest BCUT2D eigenvalue weighted by Crippen LogP contribution is -2.26. The Morgan fingerprint density at radius 3 is 2.65 bits per heavy atom. The molecular weight excluding hydrogens is 392 g/mol. The molecule has 7 heteroatoms. The summed E-state index contributed by atoms with van der Waals surface area (Å²) in [5, 5.41) is 4.03. The Morgan fingerprint density at radius 2 is 1.95 bits per heavy atom. The fourth-order valence-corrected chi connectivity index (χ4v) is 2.15. The summed E-state index contributed by atoms with van der Waals surface area (Å²) in [6.45, 7) is 0.671. The summed E-state index contributed by atoms with van der Waals surface area (Å²) in [6, 6.07) is 7.35. The molecule has 0 radical (unpaired) electrons. The maximum Gasteiger partial charge on any atom is 0.282 e. The predicted octanol–water partition coefficient (Wildman–Crippen LogP) is 2.86. The SMILES string of the molecule is COc1ccccc1OCCn1ncc(Br)c(Br)c1=O. The van der Waals surface area contributed by atoms with Gasteiger partial charge in [-0.3, -0.25) is 4.79 Å². The molecule has 1 aromatic heterocycles. The lowest BCUT2D eigenvalue weighted by Gasteiger charge is -2.11. The number of aromatic nitrogens is 2. The topological polar surface area (TPSA) is 53.4 Å². The molecule has 1 heterocycles. The van der Waals surface area contributed by atoms with Crippen LogP contribution in [-0.2, 0) is 6.54 Å². The average molecular weight is 404 g/mol. The summed E-state index contributed by atoms with van der Waals surface area (Å²) in [7, 11) is 1.58. The van der Waals surface area contributed by atoms with Crippen molar-refractivity contribution in [2.24, 2.45) is 0 Å². The number of ether oxygens (including phenoxy) is 2. The van der Waals surface area contributed by atoms with E-state index >= 15 is 0 Å². The van der Waals surface area contributed by atoms with Crippen LogP contribution in [0.4, 0.5) is 0 Å². The van der Waals surface area contributed by atoms with Crippen molar-refractivity contribution in [2.75, 3.05) is 13.7 Å². The first-order chi connectivity index (χ1) is 9.63. The zero-order valence-electron chi connectivity index (χ0n) is 10.7. The molecular formula is C13H12Br2N2O3. The number of hydrogen-bond acceptors (Lipinski definition) is 4. The molecule has 1 aromatic carbocycles. The van der Waals surface area contributed by atoms with Crippen LogP contribution in [0.15, 0.2) is 44.2 Å². The number of rotatable bonds is 5. The van der Waals surface area contributed by atoms with Crippen molar-refractivity contribution in [3.8, 4) is 11.5 Å².